The summed E-state index contributed by atoms with van der Waals surface area (Å²) in [5.41, 5.74) is 4.19. The van der Waals surface area contributed by atoms with Gasteiger partial charge in [-0.2, -0.15) is 0 Å². The maximum atomic E-state index is 3.52. The van der Waals surface area contributed by atoms with Crippen molar-refractivity contribution in [1.82, 2.24) is 8.10 Å². The van der Waals surface area contributed by atoms with Crippen molar-refractivity contribution >= 4 is 33.8 Å². The summed E-state index contributed by atoms with van der Waals surface area (Å²) < 4.78 is 2.37. The quantitative estimate of drug-likeness (QED) is 0.584. The van der Waals surface area contributed by atoms with Crippen molar-refractivity contribution in [3.8, 4) is 0 Å². The number of rotatable bonds is 0. The second kappa shape index (κ2) is 3.49. The first-order valence-electron chi connectivity index (χ1n) is 5.26. The molecular weight excluding hydrogens is 299 g/mol. The fourth-order valence-corrected chi connectivity index (χ4v) is 2.86. The number of benzene rings is 1. The molecule has 0 radical (unpaired) electrons. The van der Waals surface area contributed by atoms with E-state index in [1.165, 1.54) is 22.2 Å². The maximum Gasteiger partial charge on any atom is 0.0489 e. The van der Waals surface area contributed by atoms with Crippen LogP contribution in [0.2, 0.25) is 0 Å². The van der Waals surface area contributed by atoms with Crippen molar-refractivity contribution in [3.05, 3.63) is 35.5 Å². The number of nitrogens with zero attached hydrogens (tertiary/aromatic N) is 1. The molecule has 1 aromatic heterocycles. The van der Waals surface area contributed by atoms with Crippen molar-refractivity contribution in [2.45, 2.75) is 25.9 Å². The highest BCUT2D eigenvalue weighted by Crippen LogP contribution is 2.31. The van der Waals surface area contributed by atoms with Crippen LogP contribution in [0.3, 0.4) is 0 Å². The molecule has 0 spiro atoms. The summed E-state index contributed by atoms with van der Waals surface area (Å²) in [6.45, 7) is 3.32. The van der Waals surface area contributed by atoms with Crippen LogP contribution in [-0.2, 0) is 13.0 Å². The Morgan fingerprint density at radius 2 is 2.20 bits per heavy atom. The van der Waals surface area contributed by atoms with Gasteiger partial charge in [0.25, 0.3) is 0 Å². The van der Waals surface area contributed by atoms with E-state index in [-0.39, 0.29) is 0 Å². The summed E-state index contributed by atoms with van der Waals surface area (Å²) in [4.78, 5) is 3.52. The van der Waals surface area contributed by atoms with Crippen molar-refractivity contribution in [3.63, 3.8) is 0 Å². The minimum Gasteiger partial charge on any atom is -0.357 e. The van der Waals surface area contributed by atoms with Gasteiger partial charge in [0.2, 0.25) is 0 Å². The maximum absolute atomic E-state index is 3.52. The van der Waals surface area contributed by atoms with E-state index in [1.54, 1.807) is 0 Å². The lowest BCUT2D eigenvalue weighted by atomic mass is 10.00. The third-order valence-electron chi connectivity index (χ3n) is 3.19. The van der Waals surface area contributed by atoms with Crippen LogP contribution >= 0.6 is 22.9 Å². The van der Waals surface area contributed by atoms with Crippen LogP contribution in [0.1, 0.15) is 18.2 Å². The van der Waals surface area contributed by atoms with Crippen LogP contribution in [0.25, 0.3) is 10.9 Å². The first-order valence-corrected chi connectivity index (χ1v) is 6.23. The lowest BCUT2D eigenvalue weighted by molar-refractivity contribution is 0.371. The predicted molar refractivity (Wildman–Crippen MR) is 71.0 cm³/mol. The molecule has 2 heterocycles. The average molecular weight is 312 g/mol. The number of hydrogen-bond donors (Lipinski definition) is 1. The first kappa shape index (κ1) is 9.66. The Morgan fingerprint density at radius 1 is 1.40 bits per heavy atom. The van der Waals surface area contributed by atoms with Crippen molar-refractivity contribution in [2.24, 2.45) is 0 Å². The van der Waals surface area contributed by atoms with Crippen molar-refractivity contribution < 1.29 is 0 Å². The Kier molecular flexibility index (Phi) is 2.25. The summed E-state index contributed by atoms with van der Waals surface area (Å²) in [6.07, 6.45) is 1.16. The first-order chi connectivity index (χ1) is 7.25. The van der Waals surface area contributed by atoms with Gasteiger partial charge in [0.05, 0.1) is 0 Å². The van der Waals surface area contributed by atoms with Gasteiger partial charge in [0.1, 0.15) is 0 Å². The molecular formula is C12H13IN2. The van der Waals surface area contributed by atoms with Crippen LogP contribution < -0.4 is 0 Å². The number of halogens is 1. The predicted octanol–water partition coefficient (Wildman–Crippen LogP) is 3.26. The zero-order chi connectivity index (χ0) is 10.4. The lowest BCUT2D eigenvalue weighted by Crippen LogP contribution is -2.30. The summed E-state index contributed by atoms with van der Waals surface area (Å²) in [6, 6.07) is 9.24. The Labute approximate surface area is 103 Å². The van der Waals surface area contributed by atoms with Crippen molar-refractivity contribution in [1.29, 1.82) is 0 Å². The molecule has 1 atom stereocenters. The molecule has 0 saturated heterocycles. The molecule has 0 aliphatic carbocycles. The van der Waals surface area contributed by atoms with E-state index < -0.39 is 0 Å². The molecule has 0 fully saturated rings. The number of hydrogen-bond acceptors (Lipinski definition) is 1. The summed E-state index contributed by atoms with van der Waals surface area (Å²) in [5, 5.41) is 1.41. The molecule has 78 valence electrons. The molecule has 1 aliphatic rings. The minimum atomic E-state index is 0.636. The number of para-hydroxylation sites is 1. The SMILES string of the molecule is CC1Cc2c([nH]c3ccccc23)CN1I. The van der Waals surface area contributed by atoms with E-state index in [4.69, 9.17) is 0 Å². The topological polar surface area (TPSA) is 19.0 Å². The molecule has 3 rings (SSSR count). The van der Waals surface area contributed by atoms with E-state index in [0.29, 0.717) is 6.04 Å². The van der Waals surface area contributed by atoms with Gasteiger partial charge < -0.3 is 4.98 Å². The Balaban J connectivity index is 2.21. The fraction of sp³-hybridized carbons (Fsp3) is 0.333. The summed E-state index contributed by atoms with van der Waals surface area (Å²) in [5.74, 6) is 0. The van der Waals surface area contributed by atoms with Gasteiger partial charge in [-0.1, -0.05) is 18.2 Å². The van der Waals surface area contributed by atoms with E-state index in [9.17, 15) is 0 Å². The molecule has 3 heteroatoms. The zero-order valence-corrected chi connectivity index (χ0v) is 10.8. The fourth-order valence-electron chi connectivity index (χ4n) is 2.33. The van der Waals surface area contributed by atoms with Gasteiger partial charge in [0.15, 0.2) is 0 Å². The molecule has 0 saturated carbocycles. The Hall–Kier alpha value is -0.550. The average Bonchev–Trinajstić information content (AvgIpc) is 2.57. The highest BCUT2D eigenvalue weighted by molar-refractivity contribution is 14.1. The second-order valence-electron chi connectivity index (χ2n) is 4.24. The number of aromatic nitrogens is 1. The second-order valence-corrected chi connectivity index (χ2v) is 5.48. The molecule has 1 N–H and O–H groups in total. The van der Waals surface area contributed by atoms with Gasteiger partial charge in [0, 0.05) is 52.0 Å². The van der Waals surface area contributed by atoms with Crippen LogP contribution in [0, 0.1) is 0 Å². The smallest absolute Gasteiger partial charge is 0.0489 e. The zero-order valence-electron chi connectivity index (χ0n) is 8.63. The van der Waals surface area contributed by atoms with Crippen LogP contribution in [0.5, 0.6) is 0 Å². The minimum absolute atomic E-state index is 0.636. The lowest BCUT2D eigenvalue weighted by Gasteiger charge is -2.27. The van der Waals surface area contributed by atoms with Crippen LogP contribution in [-0.4, -0.2) is 14.1 Å². The molecule has 0 amide bonds. The molecule has 1 unspecified atom stereocenters. The standard InChI is InChI=1S/C12H13IN2/c1-8-6-10-9-4-2-3-5-11(9)14-12(10)7-15(8)13/h2-5,8,14H,6-7H2,1H3. The van der Waals surface area contributed by atoms with Crippen molar-refractivity contribution in [2.75, 3.05) is 0 Å². The molecule has 2 nitrogen and oxygen atoms in total. The normalized spacial score (nSPS) is 21.9. The summed E-state index contributed by atoms with van der Waals surface area (Å²) in [7, 11) is 0. The van der Waals surface area contributed by atoms with Crippen LogP contribution in [0.4, 0.5) is 0 Å². The van der Waals surface area contributed by atoms with Crippen LogP contribution in [0.15, 0.2) is 24.3 Å². The molecule has 1 aromatic carbocycles. The molecule has 1 aliphatic heterocycles. The Bertz CT molecular complexity index is 503. The largest absolute Gasteiger partial charge is 0.357 e. The monoisotopic (exact) mass is 312 g/mol. The van der Waals surface area contributed by atoms with E-state index in [1.807, 2.05) is 0 Å². The summed E-state index contributed by atoms with van der Waals surface area (Å²) >= 11 is 2.42. The van der Waals surface area contributed by atoms with E-state index in [2.05, 4.69) is 62.2 Å². The van der Waals surface area contributed by atoms with Gasteiger partial charge in [-0.3, -0.25) is 0 Å². The van der Waals surface area contributed by atoms with Gasteiger partial charge in [-0.25, -0.2) is 3.11 Å². The molecule has 0 bridgehead atoms. The van der Waals surface area contributed by atoms with Gasteiger partial charge >= 0.3 is 0 Å². The Morgan fingerprint density at radius 3 is 3.07 bits per heavy atom. The van der Waals surface area contributed by atoms with E-state index >= 15 is 0 Å². The molecule has 2 aromatic rings. The van der Waals surface area contributed by atoms with E-state index in [0.717, 1.165) is 13.0 Å². The number of fused-ring (bicyclic) bond motifs is 3. The molecule has 15 heavy (non-hydrogen) atoms. The van der Waals surface area contributed by atoms with Gasteiger partial charge in [-0.15, -0.1) is 0 Å². The third-order valence-corrected chi connectivity index (χ3v) is 4.48. The number of H-pyrrole nitrogens is 1. The van der Waals surface area contributed by atoms with Gasteiger partial charge in [-0.05, 0) is 25.0 Å². The number of aromatic amines is 1. The third kappa shape index (κ3) is 1.49. The highest BCUT2D eigenvalue weighted by atomic mass is 127. The highest BCUT2D eigenvalue weighted by Gasteiger charge is 2.23. The number of nitrogens with one attached hydrogen (secondary N) is 1.